The molecule has 0 N–H and O–H groups in total. The van der Waals surface area contributed by atoms with E-state index in [1.165, 1.54) is 6.07 Å². The number of Topliss-reactive ketones (excluding diaryl/α,β-unsaturated/α-hetero) is 1. The number of hydrogen-bond donors (Lipinski definition) is 0. The summed E-state index contributed by atoms with van der Waals surface area (Å²) in [5, 5.41) is 0. The second kappa shape index (κ2) is 5.84. The standard InChI is InChI=1S/C17H21F2NO/c18-14-6-5-13(11-15(14)19)12-16(21)17(7-1-2-8-17)20-9-3-4-10-20/h5-6,11H,1-4,7-10,12H2. The lowest BCUT2D eigenvalue weighted by molar-refractivity contribution is -0.129. The van der Waals surface area contributed by atoms with Crippen molar-refractivity contribution in [2.75, 3.05) is 13.1 Å². The largest absolute Gasteiger partial charge is 0.297 e. The smallest absolute Gasteiger partial charge is 0.159 e. The zero-order chi connectivity index (χ0) is 14.9. The number of benzene rings is 1. The molecule has 1 aromatic rings. The number of carbonyl (C=O) groups excluding carboxylic acids is 1. The number of ketones is 1. The molecule has 1 saturated heterocycles. The molecule has 0 spiro atoms. The Hall–Kier alpha value is -1.29. The molecule has 1 heterocycles. The first kappa shape index (κ1) is 14.6. The van der Waals surface area contributed by atoms with Crippen molar-refractivity contribution in [1.29, 1.82) is 0 Å². The van der Waals surface area contributed by atoms with Crippen LogP contribution in [-0.2, 0) is 11.2 Å². The Bertz CT molecular complexity index is 532. The van der Waals surface area contributed by atoms with E-state index in [9.17, 15) is 13.6 Å². The second-order valence-electron chi connectivity index (χ2n) is 6.28. The van der Waals surface area contributed by atoms with Crippen molar-refractivity contribution in [2.24, 2.45) is 0 Å². The Morgan fingerprint density at radius 2 is 1.71 bits per heavy atom. The molecule has 0 amide bonds. The van der Waals surface area contributed by atoms with E-state index in [1.807, 2.05) is 0 Å². The molecule has 1 aromatic carbocycles. The van der Waals surface area contributed by atoms with E-state index in [0.717, 1.165) is 63.7 Å². The molecule has 2 nitrogen and oxygen atoms in total. The van der Waals surface area contributed by atoms with Crippen LogP contribution in [0.1, 0.15) is 44.1 Å². The maximum Gasteiger partial charge on any atom is 0.159 e. The van der Waals surface area contributed by atoms with Gasteiger partial charge in [0.2, 0.25) is 0 Å². The van der Waals surface area contributed by atoms with Crippen molar-refractivity contribution in [1.82, 2.24) is 4.90 Å². The van der Waals surface area contributed by atoms with E-state index < -0.39 is 11.6 Å². The fraction of sp³-hybridized carbons (Fsp3) is 0.588. The van der Waals surface area contributed by atoms with Gasteiger partial charge in [-0.25, -0.2) is 8.78 Å². The first-order chi connectivity index (χ1) is 10.1. The van der Waals surface area contributed by atoms with Crippen LogP contribution in [0.5, 0.6) is 0 Å². The molecular formula is C17H21F2NO. The van der Waals surface area contributed by atoms with Gasteiger partial charge in [0.1, 0.15) is 0 Å². The molecule has 0 unspecified atom stereocenters. The molecule has 0 atom stereocenters. The predicted molar refractivity (Wildman–Crippen MR) is 77.1 cm³/mol. The van der Waals surface area contributed by atoms with E-state index in [4.69, 9.17) is 0 Å². The van der Waals surface area contributed by atoms with Gasteiger partial charge in [0.15, 0.2) is 17.4 Å². The summed E-state index contributed by atoms with van der Waals surface area (Å²) < 4.78 is 26.3. The highest BCUT2D eigenvalue weighted by Gasteiger charge is 2.45. The Balaban J connectivity index is 1.79. The molecule has 114 valence electrons. The van der Waals surface area contributed by atoms with Crippen LogP contribution in [0, 0.1) is 11.6 Å². The van der Waals surface area contributed by atoms with Crippen LogP contribution in [0.25, 0.3) is 0 Å². The molecule has 2 aliphatic rings. The van der Waals surface area contributed by atoms with E-state index >= 15 is 0 Å². The molecule has 2 fully saturated rings. The maximum absolute atomic E-state index is 13.3. The Kier molecular flexibility index (Phi) is 4.07. The Morgan fingerprint density at radius 1 is 1.05 bits per heavy atom. The van der Waals surface area contributed by atoms with Gasteiger partial charge in [-0.3, -0.25) is 9.69 Å². The second-order valence-corrected chi connectivity index (χ2v) is 6.28. The monoisotopic (exact) mass is 293 g/mol. The molecule has 3 rings (SSSR count). The highest BCUT2D eigenvalue weighted by Crippen LogP contribution is 2.39. The SMILES string of the molecule is O=C(Cc1ccc(F)c(F)c1)C1(N2CCCC2)CCCC1. The van der Waals surface area contributed by atoms with Gasteiger partial charge in [-0.15, -0.1) is 0 Å². The zero-order valence-corrected chi connectivity index (χ0v) is 12.2. The van der Waals surface area contributed by atoms with Crippen molar-refractivity contribution < 1.29 is 13.6 Å². The van der Waals surface area contributed by atoms with Gasteiger partial charge >= 0.3 is 0 Å². The lowest BCUT2D eigenvalue weighted by atomic mass is 9.86. The van der Waals surface area contributed by atoms with Crippen LogP contribution in [0.15, 0.2) is 18.2 Å². The summed E-state index contributed by atoms with van der Waals surface area (Å²) >= 11 is 0. The number of rotatable bonds is 4. The van der Waals surface area contributed by atoms with Crippen molar-refractivity contribution in [3.8, 4) is 0 Å². The summed E-state index contributed by atoms with van der Waals surface area (Å²) in [6.07, 6.45) is 6.50. The fourth-order valence-electron chi connectivity index (χ4n) is 3.88. The molecular weight excluding hydrogens is 272 g/mol. The third kappa shape index (κ3) is 2.73. The third-order valence-electron chi connectivity index (χ3n) is 5.01. The molecule has 4 heteroatoms. The van der Waals surface area contributed by atoms with Crippen molar-refractivity contribution in [3.63, 3.8) is 0 Å². The topological polar surface area (TPSA) is 20.3 Å². The minimum atomic E-state index is -0.873. The summed E-state index contributed by atoms with van der Waals surface area (Å²) in [7, 11) is 0. The molecule has 1 saturated carbocycles. The summed E-state index contributed by atoms with van der Waals surface area (Å²) in [6, 6.07) is 3.78. The summed E-state index contributed by atoms with van der Waals surface area (Å²) in [5.41, 5.74) is 0.228. The predicted octanol–water partition coefficient (Wildman–Crippen LogP) is 3.49. The van der Waals surface area contributed by atoms with Crippen molar-refractivity contribution in [3.05, 3.63) is 35.4 Å². The lowest BCUT2D eigenvalue weighted by Crippen LogP contribution is -2.52. The molecule has 0 bridgehead atoms. The molecule has 0 radical (unpaired) electrons. The number of halogens is 2. The fourth-order valence-corrected chi connectivity index (χ4v) is 3.88. The minimum absolute atomic E-state index is 0.174. The first-order valence-corrected chi connectivity index (χ1v) is 7.84. The van der Waals surface area contributed by atoms with Gasteiger partial charge in [-0.2, -0.15) is 0 Å². The summed E-state index contributed by atoms with van der Waals surface area (Å²) in [5.74, 6) is -1.56. The number of hydrogen-bond acceptors (Lipinski definition) is 2. The van der Waals surface area contributed by atoms with E-state index in [1.54, 1.807) is 0 Å². The van der Waals surface area contributed by atoms with Crippen LogP contribution in [-0.4, -0.2) is 29.3 Å². The van der Waals surface area contributed by atoms with Gasteiger partial charge in [-0.05, 0) is 56.5 Å². The van der Waals surface area contributed by atoms with E-state index in [-0.39, 0.29) is 17.7 Å². The van der Waals surface area contributed by atoms with E-state index in [2.05, 4.69) is 4.90 Å². The average molecular weight is 293 g/mol. The van der Waals surface area contributed by atoms with Crippen LogP contribution < -0.4 is 0 Å². The van der Waals surface area contributed by atoms with Crippen molar-refractivity contribution in [2.45, 2.75) is 50.5 Å². The maximum atomic E-state index is 13.3. The third-order valence-corrected chi connectivity index (χ3v) is 5.01. The first-order valence-electron chi connectivity index (χ1n) is 7.84. The van der Waals surface area contributed by atoms with E-state index in [0.29, 0.717) is 5.56 Å². The van der Waals surface area contributed by atoms with Crippen LogP contribution in [0.4, 0.5) is 8.78 Å². The Labute approximate surface area is 124 Å². The summed E-state index contributed by atoms with van der Waals surface area (Å²) in [6.45, 7) is 1.98. The normalized spacial score (nSPS) is 21.8. The molecule has 0 aromatic heterocycles. The van der Waals surface area contributed by atoms with Gasteiger partial charge < -0.3 is 0 Å². The average Bonchev–Trinajstić information content (AvgIpc) is 3.13. The Morgan fingerprint density at radius 3 is 2.33 bits per heavy atom. The van der Waals surface area contributed by atoms with Gasteiger partial charge in [0, 0.05) is 6.42 Å². The highest BCUT2D eigenvalue weighted by atomic mass is 19.2. The summed E-state index contributed by atoms with van der Waals surface area (Å²) in [4.78, 5) is 15.2. The minimum Gasteiger partial charge on any atom is -0.297 e. The number of nitrogens with zero attached hydrogens (tertiary/aromatic N) is 1. The molecule has 1 aliphatic carbocycles. The van der Waals surface area contributed by atoms with Crippen LogP contribution in [0.3, 0.4) is 0 Å². The van der Waals surface area contributed by atoms with Gasteiger partial charge in [0.25, 0.3) is 0 Å². The van der Waals surface area contributed by atoms with Crippen LogP contribution in [0.2, 0.25) is 0 Å². The van der Waals surface area contributed by atoms with Crippen LogP contribution >= 0.6 is 0 Å². The number of carbonyl (C=O) groups is 1. The molecule has 1 aliphatic heterocycles. The van der Waals surface area contributed by atoms with Gasteiger partial charge in [-0.1, -0.05) is 18.9 Å². The number of likely N-dealkylation sites (tertiary alicyclic amines) is 1. The molecule has 21 heavy (non-hydrogen) atoms. The highest BCUT2D eigenvalue weighted by molar-refractivity contribution is 5.90. The quantitative estimate of drug-likeness (QED) is 0.847. The zero-order valence-electron chi connectivity index (χ0n) is 12.2. The lowest BCUT2D eigenvalue weighted by Gasteiger charge is -2.37. The van der Waals surface area contributed by atoms with Crippen molar-refractivity contribution >= 4 is 5.78 Å². The van der Waals surface area contributed by atoms with Gasteiger partial charge in [0.05, 0.1) is 5.54 Å².